The molecule has 3 aliphatic carbocycles. The third-order valence-electron chi connectivity index (χ3n) is 8.52. The Morgan fingerprint density at radius 3 is 2.00 bits per heavy atom. The van der Waals surface area contributed by atoms with Crippen LogP contribution in [0.25, 0.3) is 0 Å². The van der Waals surface area contributed by atoms with E-state index in [1.54, 1.807) is 11.1 Å². The molecule has 0 N–H and O–H groups in total. The fraction of sp³-hybridized carbons (Fsp3) is 0.905. The third kappa shape index (κ3) is 2.07. The van der Waals surface area contributed by atoms with Crippen LogP contribution in [0.15, 0.2) is 11.1 Å². The molecule has 0 heterocycles. The molecule has 120 valence electrons. The van der Waals surface area contributed by atoms with Gasteiger partial charge < -0.3 is 0 Å². The molecule has 0 spiro atoms. The number of rotatable bonds is 1. The summed E-state index contributed by atoms with van der Waals surface area (Å²) in [6.45, 7) is 15.2. The van der Waals surface area contributed by atoms with Crippen molar-refractivity contribution in [3.63, 3.8) is 0 Å². The zero-order chi connectivity index (χ0) is 15.4. The summed E-state index contributed by atoms with van der Waals surface area (Å²) in [5.74, 6) is 5.38. The second-order valence-electron chi connectivity index (χ2n) is 8.91. The van der Waals surface area contributed by atoms with Gasteiger partial charge in [0.05, 0.1) is 0 Å². The maximum absolute atomic E-state index is 2.68. The van der Waals surface area contributed by atoms with Crippen molar-refractivity contribution in [3.8, 4) is 0 Å². The van der Waals surface area contributed by atoms with Crippen LogP contribution in [0.1, 0.15) is 80.1 Å². The summed E-state index contributed by atoms with van der Waals surface area (Å²) in [5, 5.41) is 0. The lowest BCUT2D eigenvalue weighted by atomic mass is 9.61. The van der Waals surface area contributed by atoms with E-state index in [4.69, 9.17) is 0 Å². The van der Waals surface area contributed by atoms with Gasteiger partial charge in [0.2, 0.25) is 0 Å². The lowest BCUT2D eigenvalue weighted by molar-refractivity contribution is 0.0695. The van der Waals surface area contributed by atoms with Gasteiger partial charge in [0.15, 0.2) is 0 Å². The Morgan fingerprint density at radius 1 is 0.857 bits per heavy atom. The quantitative estimate of drug-likeness (QED) is 0.383. The van der Waals surface area contributed by atoms with E-state index in [9.17, 15) is 0 Å². The summed E-state index contributed by atoms with van der Waals surface area (Å²) in [6, 6.07) is 0. The van der Waals surface area contributed by atoms with E-state index >= 15 is 0 Å². The van der Waals surface area contributed by atoms with Crippen LogP contribution in [0.3, 0.4) is 0 Å². The maximum atomic E-state index is 2.68. The molecule has 0 heteroatoms. The third-order valence-corrected chi connectivity index (χ3v) is 8.52. The van der Waals surface area contributed by atoms with Crippen molar-refractivity contribution in [1.82, 2.24) is 0 Å². The second-order valence-corrected chi connectivity index (χ2v) is 8.91. The molecule has 3 rings (SSSR count). The van der Waals surface area contributed by atoms with Crippen LogP contribution in [0, 0.1) is 40.9 Å². The minimum atomic E-state index is 0.560. The van der Waals surface area contributed by atoms with Gasteiger partial charge in [0.25, 0.3) is 0 Å². The molecule has 3 aliphatic rings. The molecule has 0 nitrogen and oxygen atoms in total. The highest BCUT2D eigenvalue weighted by molar-refractivity contribution is 5.31. The SMILES string of the molecule is CC1=C(C)C2C(C1C)C(C)C(C)C2(C)C1CCCCCC1. The average Bonchev–Trinajstić information content (AvgIpc) is 2.76. The molecule has 6 atom stereocenters. The van der Waals surface area contributed by atoms with Crippen LogP contribution in [0.4, 0.5) is 0 Å². The molecule has 21 heavy (non-hydrogen) atoms. The Balaban J connectivity index is 2.00. The molecule has 0 bridgehead atoms. The summed E-state index contributed by atoms with van der Waals surface area (Å²) >= 11 is 0. The van der Waals surface area contributed by atoms with Gasteiger partial charge in [-0.05, 0) is 67.6 Å². The maximum Gasteiger partial charge on any atom is -0.0107 e. The molecule has 0 aliphatic heterocycles. The van der Waals surface area contributed by atoms with E-state index in [0.29, 0.717) is 5.41 Å². The minimum Gasteiger partial charge on any atom is -0.0709 e. The number of hydrogen-bond donors (Lipinski definition) is 0. The van der Waals surface area contributed by atoms with Crippen molar-refractivity contribution in [1.29, 1.82) is 0 Å². The van der Waals surface area contributed by atoms with Crippen molar-refractivity contribution in [3.05, 3.63) is 11.1 Å². The summed E-state index contributed by atoms with van der Waals surface area (Å²) in [5.41, 5.74) is 4.06. The first-order valence-electron chi connectivity index (χ1n) is 9.58. The van der Waals surface area contributed by atoms with Crippen molar-refractivity contribution in [2.24, 2.45) is 40.9 Å². The normalized spacial score (nSPS) is 48.6. The molecule has 2 saturated carbocycles. The molecule has 6 unspecified atom stereocenters. The van der Waals surface area contributed by atoms with Gasteiger partial charge in [-0.3, -0.25) is 0 Å². The minimum absolute atomic E-state index is 0.560. The summed E-state index contributed by atoms with van der Waals surface area (Å²) in [7, 11) is 0. The van der Waals surface area contributed by atoms with Crippen LogP contribution >= 0.6 is 0 Å². The van der Waals surface area contributed by atoms with Gasteiger partial charge in [-0.15, -0.1) is 0 Å². The Kier molecular flexibility index (Phi) is 4.04. The van der Waals surface area contributed by atoms with Crippen LogP contribution in [-0.2, 0) is 0 Å². The van der Waals surface area contributed by atoms with Gasteiger partial charge in [-0.25, -0.2) is 0 Å². The van der Waals surface area contributed by atoms with E-state index in [0.717, 1.165) is 35.5 Å². The highest BCUT2D eigenvalue weighted by Gasteiger charge is 2.60. The average molecular weight is 289 g/mol. The molecule has 0 aromatic rings. The van der Waals surface area contributed by atoms with E-state index in [-0.39, 0.29) is 0 Å². The molecule has 0 radical (unpaired) electrons. The van der Waals surface area contributed by atoms with Gasteiger partial charge >= 0.3 is 0 Å². The highest BCUT2D eigenvalue weighted by Crippen LogP contribution is 2.67. The predicted molar refractivity (Wildman–Crippen MR) is 92.1 cm³/mol. The Morgan fingerprint density at radius 2 is 1.43 bits per heavy atom. The van der Waals surface area contributed by atoms with Gasteiger partial charge in [-0.1, -0.05) is 64.5 Å². The van der Waals surface area contributed by atoms with Crippen molar-refractivity contribution in [2.75, 3.05) is 0 Å². The molecular weight excluding hydrogens is 252 g/mol. The first-order valence-corrected chi connectivity index (χ1v) is 9.58. The fourth-order valence-electron chi connectivity index (χ4n) is 6.82. The van der Waals surface area contributed by atoms with Crippen molar-refractivity contribution in [2.45, 2.75) is 80.1 Å². The lowest BCUT2D eigenvalue weighted by Gasteiger charge is -2.44. The number of allylic oxidation sites excluding steroid dienone is 2. The summed E-state index contributed by atoms with van der Waals surface area (Å²) in [6.07, 6.45) is 8.92. The first kappa shape index (κ1) is 15.6. The summed E-state index contributed by atoms with van der Waals surface area (Å²) < 4.78 is 0. The smallest absolute Gasteiger partial charge is 0.0107 e. The number of fused-ring (bicyclic) bond motifs is 1. The Bertz CT molecular complexity index is 423. The van der Waals surface area contributed by atoms with E-state index in [2.05, 4.69) is 41.5 Å². The standard InChI is InChI=1S/C21H36/c1-13-14(2)19-16(4)17(5)21(6,20(19)15(13)3)18-11-9-7-8-10-12-18/h14,16-20H,7-12H2,1-6H3. The largest absolute Gasteiger partial charge is 0.0709 e. The molecule has 0 aromatic heterocycles. The zero-order valence-corrected chi connectivity index (χ0v) is 15.2. The first-order chi connectivity index (χ1) is 9.90. The van der Waals surface area contributed by atoms with Crippen molar-refractivity contribution >= 4 is 0 Å². The molecule has 0 amide bonds. The van der Waals surface area contributed by atoms with Crippen LogP contribution < -0.4 is 0 Å². The van der Waals surface area contributed by atoms with Gasteiger partial charge in [-0.2, -0.15) is 0 Å². The Hall–Kier alpha value is -0.260. The van der Waals surface area contributed by atoms with E-state index < -0.39 is 0 Å². The van der Waals surface area contributed by atoms with Crippen LogP contribution in [-0.4, -0.2) is 0 Å². The second kappa shape index (κ2) is 5.43. The molecule has 2 fully saturated rings. The van der Waals surface area contributed by atoms with E-state index in [1.165, 1.54) is 38.5 Å². The monoisotopic (exact) mass is 288 g/mol. The van der Waals surface area contributed by atoms with Gasteiger partial charge in [0.1, 0.15) is 0 Å². The topological polar surface area (TPSA) is 0 Å². The molecule has 0 saturated heterocycles. The highest BCUT2D eigenvalue weighted by atomic mass is 14.6. The fourth-order valence-corrected chi connectivity index (χ4v) is 6.82. The van der Waals surface area contributed by atoms with E-state index in [1.807, 2.05) is 0 Å². The van der Waals surface area contributed by atoms with Gasteiger partial charge in [0, 0.05) is 0 Å². The zero-order valence-electron chi connectivity index (χ0n) is 15.2. The predicted octanol–water partition coefficient (Wildman–Crippen LogP) is 6.47. The molecular formula is C21H36. The molecule has 0 aromatic carbocycles. The summed E-state index contributed by atoms with van der Waals surface area (Å²) in [4.78, 5) is 0. The number of hydrogen-bond acceptors (Lipinski definition) is 0. The van der Waals surface area contributed by atoms with Crippen molar-refractivity contribution < 1.29 is 0 Å². The van der Waals surface area contributed by atoms with Crippen LogP contribution in [0.2, 0.25) is 0 Å². The lowest BCUT2D eigenvalue weighted by Crippen LogP contribution is -2.37. The van der Waals surface area contributed by atoms with Crippen LogP contribution in [0.5, 0.6) is 0 Å². The Labute approximate surface area is 132 Å².